The van der Waals surface area contributed by atoms with Gasteiger partial charge in [-0.3, -0.25) is 0 Å². The number of sulfonamides is 1. The summed E-state index contributed by atoms with van der Waals surface area (Å²) in [6, 6.07) is 9.22. The van der Waals surface area contributed by atoms with Crippen molar-refractivity contribution in [3.63, 3.8) is 0 Å². The predicted molar refractivity (Wildman–Crippen MR) is 112 cm³/mol. The summed E-state index contributed by atoms with van der Waals surface area (Å²) in [5.41, 5.74) is 1.29. The molecule has 0 spiro atoms. The number of anilines is 2. The second kappa shape index (κ2) is 8.39. The molecule has 1 unspecified atom stereocenters. The van der Waals surface area contributed by atoms with Gasteiger partial charge in [0.2, 0.25) is 10.0 Å². The second-order valence-corrected chi connectivity index (χ2v) is 9.68. The average molecular weight is 471 g/mol. The van der Waals surface area contributed by atoms with E-state index in [1.807, 2.05) is 4.90 Å². The lowest BCUT2D eigenvalue weighted by Gasteiger charge is -2.29. The van der Waals surface area contributed by atoms with Crippen molar-refractivity contribution in [3.8, 4) is 5.75 Å². The largest absolute Gasteiger partial charge is 0.496 e. The summed E-state index contributed by atoms with van der Waals surface area (Å²) < 4.78 is 47.7. The quantitative estimate of drug-likeness (QED) is 0.621. The van der Waals surface area contributed by atoms with Gasteiger partial charge in [0.25, 0.3) is 0 Å². The molecule has 2 aromatic carbocycles. The van der Waals surface area contributed by atoms with Crippen molar-refractivity contribution >= 4 is 37.3 Å². The molecular weight excluding hydrogens is 447 g/mol. The van der Waals surface area contributed by atoms with Gasteiger partial charge < -0.3 is 9.64 Å². The van der Waals surface area contributed by atoms with Crippen molar-refractivity contribution in [2.45, 2.75) is 37.1 Å². The topological polar surface area (TPSA) is 49.9 Å². The Bertz CT molecular complexity index is 951. The van der Waals surface area contributed by atoms with E-state index in [1.54, 1.807) is 31.3 Å². The number of halogens is 2. The fourth-order valence-corrected chi connectivity index (χ4v) is 5.51. The van der Waals surface area contributed by atoms with Gasteiger partial charge in [0, 0.05) is 31.4 Å². The number of nitrogens with zero attached hydrogens (tertiary/aromatic N) is 2. The minimum atomic E-state index is -3.72. The van der Waals surface area contributed by atoms with Crippen LogP contribution >= 0.6 is 15.9 Å². The maximum Gasteiger partial charge on any atom is 0.245 e. The smallest absolute Gasteiger partial charge is 0.245 e. The fourth-order valence-electron chi connectivity index (χ4n) is 3.45. The Morgan fingerprint density at radius 3 is 2.54 bits per heavy atom. The van der Waals surface area contributed by atoms with Crippen molar-refractivity contribution in [2.75, 3.05) is 25.6 Å². The van der Waals surface area contributed by atoms with Crippen LogP contribution in [0.4, 0.5) is 15.8 Å². The lowest BCUT2D eigenvalue weighted by atomic mass is 10.1. The molecular formula is C20H24BrFN2O3S. The molecule has 152 valence electrons. The Kier molecular flexibility index (Phi) is 6.31. The molecule has 0 saturated heterocycles. The molecule has 0 aliphatic carbocycles. The molecule has 1 aliphatic rings. The summed E-state index contributed by atoms with van der Waals surface area (Å²) in [6.07, 6.45) is 2.65. The van der Waals surface area contributed by atoms with Gasteiger partial charge in [-0.15, -0.1) is 0 Å². The molecule has 3 rings (SSSR count). The van der Waals surface area contributed by atoms with Crippen LogP contribution in [-0.4, -0.2) is 39.5 Å². The minimum absolute atomic E-state index is 0.179. The number of rotatable bonds is 5. The first kappa shape index (κ1) is 21.1. The molecule has 8 heteroatoms. The summed E-state index contributed by atoms with van der Waals surface area (Å²) in [4.78, 5) is 2.12. The van der Waals surface area contributed by atoms with Gasteiger partial charge in [0.15, 0.2) is 0 Å². The van der Waals surface area contributed by atoms with Crippen LogP contribution in [0.2, 0.25) is 0 Å². The molecule has 0 fully saturated rings. The molecule has 0 radical (unpaired) electrons. The number of hydrogen-bond acceptors (Lipinski definition) is 4. The van der Waals surface area contributed by atoms with Gasteiger partial charge in [0.1, 0.15) is 16.5 Å². The molecule has 2 aromatic rings. The molecule has 0 bridgehead atoms. The van der Waals surface area contributed by atoms with E-state index in [0.717, 1.165) is 24.9 Å². The maximum atomic E-state index is 13.5. The SMILES string of the molecule is CCCCC1CN(c2ccc(F)cc2)c2cc(Br)c(OC)cc2S(=O)(=O)N1C. The van der Waals surface area contributed by atoms with Gasteiger partial charge >= 0.3 is 0 Å². The average Bonchev–Trinajstić information content (AvgIpc) is 2.75. The molecule has 0 amide bonds. The first-order valence-corrected chi connectivity index (χ1v) is 11.4. The van der Waals surface area contributed by atoms with Crippen LogP contribution in [0.15, 0.2) is 45.8 Å². The Labute approximate surface area is 174 Å². The van der Waals surface area contributed by atoms with Gasteiger partial charge in [0.05, 0.1) is 17.3 Å². The molecule has 0 N–H and O–H groups in total. The Morgan fingerprint density at radius 2 is 1.93 bits per heavy atom. The summed E-state index contributed by atoms with van der Waals surface area (Å²) in [7, 11) is -0.590. The molecule has 1 atom stereocenters. The van der Waals surface area contributed by atoms with E-state index in [9.17, 15) is 12.8 Å². The van der Waals surface area contributed by atoms with Crippen LogP contribution in [0.1, 0.15) is 26.2 Å². The zero-order chi connectivity index (χ0) is 20.5. The van der Waals surface area contributed by atoms with Crippen LogP contribution in [0.5, 0.6) is 5.75 Å². The monoisotopic (exact) mass is 470 g/mol. The van der Waals surface area contributed by atoms with Gasteiger partial charge in [-0.05, 0) is 52.7 Å². The molecule has 0 aromatic heterocycles. The van der Waals surface area contributed by atoms with Crippen molar-refractivity contribution in [1.82, 2.24) is 4.31 Å². The van der Waals surface area contributed by atoms with Crippen molar-refractivity contribution in [2.24, 2.45) is 0 Å². The number of benzene rings is 2. The molecule has 5 nitrogen and oxygen atoms in total. The third-order valence-corrected chi connectivity index (χ3v) is 7.68. The van der Waals surface area contributed by atoms with Crippen molar-refractivity contribution in [1.29, 1.82) is 0 Å². The fraction of sp³-hybridized carbons (Fsp3) is 0.400. The molecule has 1 aliphatic heterocycles. The summed E-state index contributed by atoms with van der Waals surface area (Å²) in [6.45, 7) is 2.56. The highest BCUT2D eigenvalue weighted by molar-refractivity contribution is 9.10. The number of fused-ring (bicyclic) bond motifs is 1. The van der Waals surface area contributed by atoms with E-state index in [0.29, 0.717) is 22.5 Å². The number of likely N-dealkylation sites (N-methyl/N-ethyl adjacent to an activating group) is 1. The normalized spacial score (nSPS) is 19.2. The van der Waals surface area contributed by atoms with Gasteiger partial charge in [-0.25, -0.2) is 12.8 Å². The standard InChI is InChI=1S/C20H24BrFN2O3S/c1-4-5-6-16-13-24(15-9-7-14(22)8-10-15)18-11-17(21)19(27-3)12-20(18)28(25,26)23(16)2/h7-12,16H,4-6,13H2,1-3H3. The second-order valence-electron chi connectivity index (χ2n) is 6.86. The van der Waals surface area contributed by atoms with Crippen LogP contribution < -0.4 is 9.64 Å². The van der Waals surface area contributed by atoms with E-state index >= 15 is 0 Å². The zero-order valence-corrected chi connectivity index (χ0v) is 18.6. The van der Waals surface area contributed by atoms with E-state index in [1.165, 1.54) is 23.5 Å². The number of methoxy groups -OCH3 is 1. The number of unbranched alkanes of at least 4 members (excludes halogenated alkanes) is 1. The van der Waals surface area contributed by atoms with E-state index in [2.05, 4.69) is 22.9 Å². The van der Waals surface area contributed by atoms with Crippen LogP contribution in [0.3, 0.4) is 0 Å². The lowest BCUT2D eigenvalue weighted by molar-refractivity contribution is 0.351. The van der Waals surface area contributed by atoms with E-state index in [-0.39, 0.29) is 16.8 Å². The Balaban J connectivity index is 2.22. The van der Waals surface area contributed by atoms with E-state index < -0.39 is 10.0 Å². The first-order chi connectivity index (χ1) is 13.3. The Morgan fingerprint density at radius 1 is 1.25 bits per heavy atom. The summed E-state index contributed by atoms with van der Waals surface area (Å²) in [5.74, 6) is 0.115. The maximum absolute atomic E-state index is 13.5. The Hall–Kier alpha value is -1.64. The highest BCUT2D eigenvalue weighted by atomic mass is 79.9. The predicted octanol–water partition coefficient (Wildman–Crippen LogP) is 4.93. The van der Waals surface area contributed by atoms with Gasteiger partial charge in [-0.2, -0.15) is 4.31 Å². The number of hydrogen-bond donors (Lipinski definition) is 0. The molecule has 28 heavy (non-hydrogen) atoms. The van der Waals surface area contributed by atoms with E-state index in [4.69, 9.17) is 4.74 Å². The summed E-state index contributed by atoms with van der Waals surface area (Å²) >= 11 is 3.46. The molecule has 1 heterocycles. The highest BCUT2D eigenvalue weighted by Crippen LogP contribution is 2.42. The first-order valence-electron chi connectivity index (χ1n) is 9.18. The summed E-state index contributed by atoms with van der Waals surface area (Å²) in [5, 5.41) is 0. The zero-order valence-electron chi connectivity index (χ0n) is 16.2. The van der Waals surface area contributed by atoms with Crippen molar-refractivity contribution in [3.05, 3.63) is 46.7 Å². The van der Waals surface area contributed by atoms with Crippen LogP contribution in [0, 0.1) is 5.82 Å². The highest BCUT2D eigenvalue weighted by Gasteiger charge is 2.37. The number of ether oxygens (including phenoxy) is 1. The third kappa shape index (κ3) is 3.90. The van der Waals surface area contributed by atoms with Gasteiger partial charge in [-0.1, -0.05) is 19.8 Å². The van der Waals surface area contributed by atoms with Crippen LogP contribution in [0.25, 0.3) is 0 Å². The minimum Gasteiger partial charge on any atom is -0.496 e. The molecule has 0 saturated carbocycles. The third-order valence-electron chi connectivity index (χ3n) is 5.12. The van der Waals surface area contributed by atoms with Crippen LogP contribution in [-0.2, 0) is 10.0 Å². The van der Waals surface area contributed by atoms with Crippen molar-refractivity contribution < 1.29 is 17.5 Å². The lowest BCUT2D eigenvalue weighted by Crippen LogP contribution is -2.40.